The van der Waals surface area contributed by atoms with Crippen molar-refractivity contribution in [2.24, 2.45) is 4.99 Å². The third kappa shape index (κ3) is 2.57. The van der Waals surface area contributed by atoms with Crippen LogP contribution in [0.2, 0.25) is 5.02 Å². The molecule has 0 aliphatic carbocycles. The van der Waals surface area contributed by atoms with Gasteiger partial charge in [-0.25, -0.2) is 4.68 Å². The van der Waals surface area contributed by atoms with Crippen LogP contribution in [0.5, 0.6) is 0 Å². The van der Waals surface area contributed by atoms with Gasteiger partial charge in [0.15, 0.2) is 22.9 Å². The summed E-state index contributed by atoms with van der Waals surface area (Å²) in [5.41, 5.74) is 1.49. The number of fused-ring (bicyclic) bond motifs is 3. The molecular formula is C17H13ClN8. The second kappa shape index (κ2) is 6.51. The van der Waals surface area contributed by atoms with Gasteiger partial charge >= 0.3 is 0 Å². The Morgan fingerprint density at radius 3 is 2.85 bits per heavy atom. The lowest BCUT2D eigenvalue weighted by Crippen LogP contribution is -2.43. The minimum atomic E-state index is -0.00394. The average molecular weight is 365 g/mol. The van der Waals surface area contributed by atoms with Crippen LogP contribution in [0.1, 0.15) is 17.7 Å². The molecule has 8 nitrogen and oxygen atoms in total. The lowest BCUT2D eigenvalue weighted by Gasteiger charge is -2.34. The van der Waals surface area contributed by atoms with Crippen molar-refractivity contribution in [3.63, 3.8) is 0 Å². The first-order valence-electron chi connectivity index (χ1n) is 8.03. The highest BCUT2D eigenvalue weighted by Crippen LogP contribution is 2.30. The maximum atomic E-state index is 9.32. The Hall–Kier alpha value is -3.36. The third-order valence-electron chi connectivity index (χ3n) is 4.25. The number of amidine groups is 1. The summed E-state index contributed by atoms with van der Waals surface area (Å²) >= 11 is 6.25. The molecule has 0 saturated heterocycles. The molecule has 0 fully saturated rings. The molecule has 4 rings (SSSR count). The number of nitrogens with zero attached hydrogens (tertiary/aromatic N) is 7. The van der Waals surface area contributed by atoms with Crippen molar-refractivity contribution in [1.82, 2.24) is 19.9 Å². The number of aromatic nitrogens is 3. The van der Waals surface area contributed by atoms with Crippen LogP contribution >= 0.6 is 11.6 Å². The standard InChI is InChI=1S/C17H13ClN8/c18-13-5-2-1-4-11(13)10-26-17-14(23-24-26)16-21-6-3-7-25(16)15(22-17)12(8-19)9-20/h1-2,4-5,22H,3,6-7,10H2. The number of benzene rings is 1. The van der Waals surface area contributed by atoms with Gasteiger partial charge in [-0.15, -0.1) is 5.10 Å². The molecule has 26 heavy (non-hydrogen) atoms. The molecule has 0 bridgehead atoms. The van der Waals surface area contributed by atoms with E-state index in [-0.39, 0.29) is 5.57 Å². The average Bonchev–Trinajstić information content (AvgIpc) is 3.08. The molecular weight excluding hydrogens is 352 g/mol. The number of nitriles is 2. The number of aliphatic imine (C=N–C) groups is 1. The van der Waals surface area contributed by atoms with Gasteiger partial charge in [0.05, 0.1) is 6.54 Å². The third-order valence-corrected chi connectivity index (χ3v) is 4.62. The highest BCUT2D eigenvalue weighted by atomic mass is 35.5. The predicted octanol–water partition coefficient (Wildman–Crippen LogP) is 2.12. The Kier molecular flexibility index (Phi) is 4.04. The van der Waals surface area contributed by atoms with E-state index in [1.165, 1.54) is 0 Å². The Bertz CT molecular complexity index is 1000. The van der Waals surface area contributed by atoms with Gasteiger partial charge in [-0.2, -0.15) is 10.5 Å². The van der Waals surface area contributed by atoms with Gasteiger partial charge in [-0.1, -0.05) is 35.0 Å². The van der Waals surface area contributed by atoms with E-state index >= 15 is 0 Å². The van der Waals surface area contributed by atoms with Crippen molar-refractivity contribution >= 4 is 23.3 Å². The minimum Gasteiger partial charge on any atom is -0.323 e. The van der Waals surface area contributed by atoms with E-state index in [0.29, 0.717) is 47.8 Å². The van der Waals surface area contributed by atoms with E-state index in [1.54, 1.807) is 4.68 Å². The first-order valence-corrected chi connectivity index (χ1v) is 8.41. The van der Waals surface area contributed by atoms with Crippen LogP contribution in [-0.2, 0) is 6.54 Å². The van der Waals surface area contributed by atoms with Crippen LogP contribution in [0, 0.1) is 22.7 Å². The van der Waals surface area contributed by atoms with Crippen molar-refractivity contribution in [1.29, 1.82) is 10.5 Å². The highest BCUT2D eigenvalue weighted by Gasteiger charge is 2.34. The lowest BCUT2D eigenvalue weighted by molar-refractivity contribution is 0.469. The Morgan fingerprint density at radius 1 is 1.27 bits per heavy atom. The van der Waals surface area contributed by atoms with Gasteiger partial charge in [0.1, 0.15) is 18.0 Å². The van der Waals surface area contributed by atoms with Gasteiger partial charge in [0.2, 0.25) is 0 Å². The van der Waals surface area contributed by atoms with E-state index < -0.39 is 0 Å². The molecule has 2 aliphatic heterocycles. The molecule has 0 unspecified atom stereocenters. The fraction of sp³-hybridized carbons (Fsp3) is 0.235. The Labute approximate surface area is 154 Å². The number of hydrogen-bond donors (Lipinski definition) is 1. The van der Waals surface area contributed by atoms with Crippen LogP contribution in [0.3, 0.4) is 0 Å². The summed E-state index contributed by atoms with van der Waals surface area (Å²) in [6.45, 7) is 1.74. The highest BCUT2D eigenvalue weighted by molar-refractivity contribution is 6.31. The lowest BCUT2D eigenvalue weighted by atomic mass is 10.1. The van der Waals surface area contributed by atoms with Crippen LogP contribution < -0.4 is 5.32 Å². The summed E-state index contributed by atoms with van der Waals surface area (Å²) in [7, 11) is 0. The Balaban J connectivity index is 1.82. The smallest absolute Gasteiger partial charge is 0.172 e. The second-order valence-corrected chi connectivity index (χ2v) is 6.23. The minimum absolute atomic E-state index is 0.00394. The van der Waals surface area contributed by atoms with Crippen LogP contribution in [0.25, 0.3) is 0 Å². The fourth-order valence-corrected chi connectivity index (χ4v) is 3.21. The van der Waals surface area contributed by atoms with E-state index in [0.717, 1.165) is 12.0 Å². The maximum Gasteiger partial charge on any atom is 0.172 e. The van der Waals surface area contributed by atoms with Gasteiger partial charge in [-0.05, 0) is 18.1 Å². The number of rotatable bonds is 2. The van der Waals surface area contributed by atoms with Gasteiger partial charge < -0.3 is 10.2 Å². The molecule has 0 amide bonds. The molecule has 0 saturated carbocycles. The molecule has 0 atom stereocenters. The SMILES string of the molecule is N#CC(C#N)=C1Nc2c(nnn2Cc2ccccc2Cl)C2=NCCCN21. The van der Waals surface area contributed by atoms with Crippen LogP contribution in [0.15, 0.2) is 40.7 Å². The molecule has 0 radical (unpaired) electrons. The first-order chi connectivity index (χ1) is 12.7. The fourth-order valence-electron chi connectivity index (χ4n) is 3.02. The second-order valence-electron chi connectivity index (χ2n) is 5.82. The summed E-state index contributed by atoms with van der Waals surface area (Å²) in [4.78, 5) is 6.36. The number of allylic oxidation sites excluding steroid dienone is 1. The normalized spacial score (nSPS) is 15.1. The van der Waals surface area contributed by atoms with Crippen LogP contribution in [-0.4, -0.2) is 38.8 Å². The monoisotopic (exact) mass is 364 g/mol. The topological polar surface area (TPSA) is 106 Å². The van der Waals surface area contributed by atoms with Crippen molar-refractivity contribution in [3.05, 3.63) is 51.9 Å². The molecule has 2 aromatic rings. The van der Waals surface area contributed by atoms with E-state index in [9.17, 15) is 10.5 Å². The molecule has 3 heterocycles. The van der Waals surface area contributed by atoms with Crippen LogP contribution in [0.4, 0.5) is 5.82 Å². The zero-order valence-electron chi connectivity index (χ0n) is 13.6. The van der Waals surface area contributed by atoms with E-state index in [2.05, 4.69) is 20.6 Å². The number of hydrogen-bond acceptors (Lipinski definition) is 7. The van der Waals surface area contributed by atoms with Gasteiger partial charge in [0, 0.05) is 18.1 Å². The predicted molar refractivity (Wildman–Crippen MR) is 95.2 cm³/mol. The quantitative estimate of drug-likeness (QED) is 0.818. The van der Waals surface area contributed by atoms with Gasteiger partial charge in [0.25, 0.3) is 0 Å². The van der Waals surface area contributed by atoms with Crippen molar-refractivity contribution in [2.45, 2.75) is 13.0 Å². The summed E-state index contributed by atoms with van der Waals surface area (Å²) in [6, 6.07) is 11.4. The van der Waals surface area contributed by atoms with Crippen molar-refractivity contribution in [2.75, 3.05) is 18.4 Å². The molecule has 9 heteroatoms. The van der Waals surface area contributed by atoms with Gasteiger partial charge in [-0.3, -0.25) is 4.99 Å². The zero-order valence-corrected chi connectivity index (χ0v) is 14.4. The number of halogens is 1. The summed E-state index contributed by atoms with van der Waals surface area (Å²) < 4.78 is 1.66. The molecule has 1 aromatic heterocycles. The van der Waals surface area contributed by atoms with Crippen molar-refractivity contribution < 1.29 is 0 Å². The molecule has 0 spiro atoms. The zero-order chi connectivity index (χ0) is 18.1. The summed E-state index contributed by atoms with van der Waals surface area (Å²) in [6.07, 6.45) is 0.835. The maximum absolute atomic E-state index is 9.32. The first kappa shape index (κ1) is 16.1. The number of nitrogens with one attached hydrogen (secondary N) is 1. The molecule has 1 N–H and O–H groups in total. The van der Waals surface area contributed by atoms with Crippen molar-refractivity contribution in [3.8, 4) is 12.1 Å². The molecule has 1 aromatic carbocycles. The van der Waals surface area contributed by atoms with E-state index in [4.69, 9.17) is 11.6 Å². The summed E-state index contributed by atoms with van der Waals surface area (Å²) in [5, 5.41) is 30.9. The molecule has 2 aliphatic rings. The van der Waals surface area contributed by atoms with E-state index in [1.807, 2.05) is 41.3 Å². The molecule has 128 valence electrons. The number of anilines is 1. The summed E-state index contributed by atoms with van der Waals surface area (Å²) in [5.74, 6) is 1.65. The largest absolute Gasteiger partial charge is 0.323 e. The Morgan fingerprint density at radius 2 is 2.08 bits per heavy atom.